The Morgan fingerprint density at radius 1 is 0.417 bits per heavy atom. The monoisotopic (exact) mass is 625 g/mol. The Balaban J connectivity index is 1.33. The average Bonchev–Trinajstić information content (AvgIpc) is 3.65. The molecule has 0 amide bonds. The molecule has 0 aliphatic heterocycles. The summed E-state index contributed by atoms with van der Waals surface area (Å²) in [5.74, 6) is 0.852. The number of hydrogen-bond donors (Lipinski definition) is 0. The second-order valence-electron chi connectivity index (χ2n) is 12.9. The molecule has 220 valence electrons. The van der Waals surface area contributed by atoms with Crippen LogP contribution in [0.25, 0.3) is 114 Å². The minimum atomic E-state index is 0.852. The maximum atomic E-state index is 5.59. The van der Waals surface area contributed by atoms with E-state index in [9.17, 15) is 0 Å². The first-order valence-electron chi connectivity index (χ1n) is 16.3. The summed E-state index contributed by atoms with van der Waals surface area (Å²) in [5.41, 5.74) is 8.71. The van der Waals surface area contributed by atoms with Gasteiger partial charge in [-0.25, -0.2) is 9.97 Å². The fourth-order valence-electron chi connectivity index (χ4n) is 8.50. The third-order valence-electron chi connectivity index (χ3n) is 10.5. The maximum absolute atomic E-state index is 5.59. The lowest BCUT2D eigenvalue weighted by Gasteiger charge is -2.16. The van der Waals surface area contributed by atoms with Gasteiger partial charge in [-0.15, -0.1) is 11.3 Å². The van der Waals surface area contributed by atoms with Gasteiger partial charge in [0.15, 0.2) is 5.82 Å². The molecule has 0 spiro atoms. The van der Waals surface area contributed by atoms with Gasteiger partial charge in [0, 0.05) is 41.9 Å². The van der Waals surface area contributed by atoms with E-state index in [1.54, 1.807) is 0 Å². The molecule has 0 atom stereocenters. The van der Waals surface area contributed by atoms with Crippen LogP contribution in [0.1, 0.15) is 0 Å². The summed E-state index contributed by atoms with van der Waals surface area (Å²) in [6.07, 6.45) is 0. The van der Waals surface area contributed by atoms with Crippen molar-refractivity contribution < 1.29 is 0 Å². The first-order chi connectivity index (χ1) is 23.8. The Morgan fingerprint density at radius 3 is 1.92 bits per heavy atom. The van der Waals surface area contributed by atoms with Crippen molar-refractivity contribution >= 4 is 96.7 Å². The molecule has 0 radical (unpaired) electrons. The summed E-state index contributed by atoms with van der Waals surface area (Å²) < 4.78 is 5.05. The predicted molar refractivity (Wildman–Crippen MR) is 204 cm³/mol. The number of fused-ring (bicyclic) bond motifs is 5. The van der Waals surface area contributed by atoms with E-state index < -0.39 is 0 Å². The third-order valence-corrected chi connectivity index (χ3v) is 11.6. The van der Waals surface area contributed by atoms with Crippen LogP contribution in [0, 0.1) is 0 Å². The number of benzene rings is 8. The molecule has 48 heavy (non-hydrogen) atoms. The van der Waals surface area contributed by atoms with Gasteiger partial charge in [0.1, 0.15) is 5.69 Å². The molecule has 0 N–H and O–H groups in total. The van der Waals surface area contributed by atoms with Gasteiger partial charge in [0.25, 0.3) is 0 Å². The van der Waals surface area contributed by atoms with Crippen molar-refractivity contribution in [3.8, 4) is 28.2 Å². The Hall–Kier alpha value is -6.10. The lowest BCUT2D eigenvalue weighted by Crippen LogP contribution is -2.04. The van der Waals surface area contributed by atoms with Crippen LogP contribution in [0.15, 0.2) is 140 Å². The summed E-state index contributed by atoms with van der Waals surface area (Å²) in [5, 5.41) is 12.5. The number of thiophene rings is 1. The van der Waals surface area contributed by atoms with Crippen LogP contribution in [-0.2, 0) is 0 Å². The second kappa shape index (κ2) is 8.82. The van der Waals surface area contributed by atoms with E-state index in [0.717, 1.165) is 49.9 Å². The molecule has 8 aromatic carbocycles. The van der Waals surface area contributed by atoms with Crippen molar-refractivity contribution in [3.63, 3.8) is 0 Å². The van der Waals surface area contributed by atoms with Crippen LogP contribution in [-0.4, -0.2) is 14.5 Å². The molecule has 4 heteroatoms. The number of nitrogens with zero attached hydrogens (tertiary/aromatic N) is 3. The molecule has 0 saturated carbocycles. The highest BCUT2D eigenvalue weighted by molar-refractivity contribution is 7.26. The fraction of sp³-hybridized carbons (Fsp3) is 0. The summed E-state index contributed by atoms with van der Waals surface area (Å²) in [7, 11) is 0. The maximum Gasteiger partial charge on any atom is 0.165 e. The Bertz CT molecular complexity index is 3230. The molecule has 3 aromatic heterocycles. The molecule has 3 heterocycles. The Labute approximate surface area is 277 Å². The number of hydrogen-bond acceptors (Lipinski definition) is 3. The highest BCUT2D eigenvalue weighted by atomic mass is 32.1. The molecular weight excluding hydrogens is 603 g/mol. The topological polar surface area (TPSA) is 30.7 Å². The van der Waals surface area contributed by atoms with Gasteiger partial charge in [-0.1, -0.05) is 109 Å². The molecule has 0 unspecified atom stereocenters. The summed E-state index contributed by atoms with van der Waals surface area (Å²) in [6, 6.07) is 50.7. The lowest BCUT2D eigenvalue weighted by atomic mass is 9.95. The molecule has 3 nitrogen and oxygen atoms in total. The van der Waals surface area contributed by atoms with Gasteiger partial charge in [0.2, 0.25) is 0 Å². The van der Waals surface area contributed by atoms with Crippen LogP contribution in [0.2, 0.25) is 0 Å². The zero-order valence-corrected chi connectivity index (χ0v) is 26.3. The molecule has 0 fully saturated rings. The van der Waals surface area contributed by atoms with Gasteiger partial charge in [0.05, 0.1) is 22.1 Å². The highest BCUT2D eigenvalue weighted by Crippen LogP contribution is 2.52. The fourth-order valence-corrected chi connectivity index (χ4v) is 9.64. The van der Waals surface area contributed by atoms with Gasteiger partial charge in [-0.2, -0.15) is 0 Å². The van der Waals surface area contributed by atoms with E-state index in [4.69, 9.17) is 9.97 Å². The van der Waals surface area contributed by atoms with Gasteiger partial charge >= 0.3 is 0 Å². The van der Waals surface area contributed by atoms with E-state index in [2.05, 4.69) is 144 Å². The third kappa shape index (κ3) is 3.04. The van der Waals surface area contributed by atoms with Gasteiger partial charge in [-0.3, -0.25) is 4.57 Å². The van der Waals surface area contributed by atoms with Crippen molar-refractivity contribution in [1.82, 2.24) is 14.5 Å². The minimum Gasteiger partial charge on any atom is -0.292 e. The summed E-state index contributed by atoms with van der Waals surface area (Å²) in [6.45, 7) is 0. The van der Waals surface area contributed by atoms with Crippen LogP contribution in [0.5, 0.6) is 0 Å². The molecule has 1 aliphatic carbocycles. The van der Waals surface area contributed by atoms with E-state index in [1.165, 1.54) is 63.6 Å². The Kier molecular flexibility index (Phi) is 4.60. The van der Waals surface area contributed by atoms with Gasteiger partial charge < -0.3 is 0 Å². The normalized spacial score (nSPS) is 12.6. The van der Waals surface area contributed by atoms with E-state index in [-0.39, 0.29) is 0 Å². The Morgan fingerprint density at radius 2 is 1.04 bits per heavy atom. The van der Waals surface area contributed by atoms with Crippen LogP contribution < -0.4 is 0 Å². The van der Waals surface area contributed by atoms with E-state index >= 15 is 0 Å². The molecule has 11 aromatic rings. The predicted octanol–water partition coefficient (Wildman–Crippen LogP) is 12.2. The molecule has 0 bridgehead atoms. The van der Waals surface area contributed by atoms with Crippen molar-refractivity contribution in [2.75, 3.05) is 0 Å². The van der Waals surface area contributed by atoms with Crippen LogP contribution in [0.3, 0.4) is 0 Å². The molecule has 12 rings (SSSR count). The van der Waals surface area contributed by atoms with Gasteiger partial charge in [-0.05, 0) is 68.4 Å². The zero-order valence-electron chi connectivity index (χ0n) is 25.5. The quantitative estimate of drug-likeness (QED) is 0.179. The summed E-state index contributed by atoms with van der Waals surface area (Å²) in [4.78, 5) is 11.2. The van der Waals surface area contributed by atoms with Crippen LogP contribution in [0.4, 0.5) is 0 Å². The first kappa shape index (κ1) is 25.0. The second-order valence-corrected chi connectivity index (χ2v) is 14.0. The first-order valence-corrected chi connectivity index (χ1v) is 17.2. The largest absolute Gasteiger partial charge is 0.292 e. The molecule has 0 saturated heterocycles. The van der Waals surface area contributed by atoms with E-state index in [0.29, 0.717) is 0 Å². The van der Waals surface area contributed by atoms with Crippen molar-refractivity contribution in [1.29, 1.82) is 0 Å². The van der Waals surface area contributed by atoms with Crippen molar-refractivity contribution in [2.45, 2.75) is 0 Å². The van der Waals surface area contributed by atoms with Crippen molar-refractivity contribution in [3.05, 3.63) is 140 Å². The smallest absolute Gasteiger partial charge is 0.165 e. The standard InChI is InChI=1S/C44H23N3S/c1-3-12-27-24(8-1)10-5-16-31(27)43-44(45-32-20-18-25-9-2-4-13-28(25)42(32)46-43)47-33-21-19-26-11-6-14-29-30-15-7-17-35-38(30)41-36(48-35)23-22-34(47)40(41)39(33)37(26)29/h1-23H. The average molecular weight is 626 g/mol. The molecular formula is C44H23N3S. The number of aromatic nitrogens is 3. The zero-order chi connectivity index (χ0) is 31.1. The number of rotatable bonds is 2. The minimum absolute atomic E-state index is 0.852. The van der Waals surface area contributed by atoms with E-state index in [1.807, 2.05) is 11.3 Å². The SMILES string of the molecule is c1ccc2c(-c3nc4c(ccc5ccccc54)nc3-n3c4ccc5cccc6c5c4c4c5c(ccc43)sc3cccc-6c35)cccc2c1. The summed E-state index contributed by atoms with van der Waals surface area (Å²) >= 11 is 1.89. The van der Waals surface area contributed by atoms with Crippen LogP contribution >= 0.6 is 11.3 Å². The highest BCUT2D eigenvalue weighted by Gasteiger charge is 2.27. The van der Waals surface area contributed by atoms with Crippen molar-refractivity contribution in [2.24, 2.45) is 0 Å². The lowest BCUT2D eigenvalue weighted by molar-refractivity contribution is 1.08. The molecule has 1 aliphatic rings.